The summed E-state index contributed by atoms with van der Waals surface area (Å²) < 4.78 is 6.14. The molecule has 0 aromatic heterocycles. The van der Waals surface area contributed by atoms with E-state index in [-0.39, 0.29) is 12.5 Å². The van der Waals surface area contributed by atoms with Crippen LogP contribution >= 0.6 is 0 Å². The summed E-state index contributed by atoms with van der Waals surface area (Å²) in [6.07, 6.45) is 5.00. The van der Waals surface area contributed by atoms with Crippen molar-refractivity contribution < 1.29 is 19.1 Å². The number of imide groups is 1. The Labute approximate surface area is 198 Å². The van der Waals surface area contributed by atoms with E-state index in [1.165, 1.54) is 0 Å². The van der Waals surface area contributed by atoms with Gasteiger partial charge in [0.15, 0.2) is 0 Å². The third-order valence-electron chi connectivity index (χ3n) is 6.64. The smallest absolute Gasteiger partial charge is 0.327 e. The molecule has 176 valence electrons. The minimum atomic E-state index is -1.27. The first-order valence-corrected chi connectivity index (χ1v) is 11.6. The van der Waals surface area contributed by atoms with Gasteiger partial charge in [0.1, 0.15) is 12.1 Å². The number of carbonyl (C=O) groups excluding carboxylic acids is 3. The molecule has 0 aliphatic carbocycles. The molecule has 34 heavy (non-hydrogen) atoms. The van der Waals surface area contributed by atoms with E-state index in [1.807, 2.05) is 76.5 Å². The zero-order chi connectivity index (χ0) is 23.5. The number of amides is 2. The molecule has 0 saturated carbocycles. The number of rotatable bonds is 5. The Morgan fingerprint density at radius 3 is 2.29 bits per heavy atom. The Kier molecular flexibility index (Phi) is 6.28. The summed E-state index contributed by atoms with van der Waals surface area (Å²) in [6, 6.07) is 17.5. The van der Waals surface area contributed by atoms with Crippen molar-refractivity contribution in [1.29, 1.82) is 0 Å². The van der Waals surface area contributed by atoms with E-state index in [2.05, 4.69) is 16.7 Å². The number of hydrogen-bond acceptors (Lipinski definition) is 7. The Morgan fingerprint density at radius 2 is 1.68 bits per heavy atom. The summed E-state index contributed by atoms with van der Waals surface area (Å²) >= 11 is 0. The first-order valence-electron chi connectivity index (χ1n) is 11.6. The van der Waals surface area contributed by atoms with Gasteiger partial charge in [-0.2, -0.15) is 0 Å². The van der Waals surface area contributed by atoms with Crippen molar-refractivity contribution in [3.05, 3.63) is 83.9 Å². The second kappa shape index (κ2) is 9.50. The lowest BCUT2D eigenvalue weighted by molar-refractivity contribution is -0.154. The van der Waals surface area contributed by atoms with Gasteiger partial charge in [0.25, 0.3) is 0 Å². The fourth-order valence-electron chi connectivity index (χ4n) is 5.10. The van der Waals surface area contributed by atoms with Gasteiger partial charge in [-0.05, 0) is 6.42 Å². The van der Waals surface area contributed by atoms with Gasteiger partial charge in [0.05, 0.1) is 6.54 Å². The quantitative estimate of drug-likeness (QED) is 0.508. The van der Waals surface area contributed by atoms with Gasteiger partial charge in [-0.1, -0.05) is 72.8 Å². The monoisotopic (exact) mass is 460 g/mol. The van der Waals surface area contributed by atoms with Crippen molar-refractivity contribution in [1.82, 2.24) is 20.4 Å². The fraction of sp³-hybridized carbons (Fsp3) is 0.346. The Bertz CT molecular complexity index is 1050. The van der Waals surface area contributed by atoms with Crippen LogP contribution in [0.2, 0.25) is 0 Å². The van der Waals surface area contributed by atoms with Crippen LogP contribution in [0.25, 0.3) is 0 Å². The van der Waals surface area contributed by atoms with Crippen molar-refractivity contribution >= 4 is 17.8 Å². The summed E-state index contributed by atoms with van der Waals surface area (Å²) in [5.74, 6) is -1.19. The molecule has 2 unspecified atom stereocenters. The molecule has 0 radical (unpaired) electrons. The van der Waals surface area contributed by atoms with E-state index in [0.717, 1.165) is 24.1 Å². The average molecular weight is 461 g/mol. The minimum Gasteiger partial charge on any atom is -0.434 e. The van der Waals surface area contributed by atoms with Crippen LogP contribution in [0.3, 0.4) is 0 Å². The summed E-state index contributed by atoms with van der Waals surface area (Å²) in [5.41, 5.74) is 0.237. The van der Waals surface area contributed by atoms with Gasteiger partial charge >= 0.3 is 5.97 Å². The van der Waals surface area contributed by atoms with Crippen LogP contribution in [0.15, 0.2) is 72.8 Å². The molecule has 0 bridgehead atoms. The van der Waals surface area contributed by atoms with Crippen molar-refractivity contribution in [3.63, 3.8) is 0 Å². The maximum absolute atomic E-state index is 13.4. The molecule has 2 atom stereocenters. The van der Waals surface area contributed by atoms with Gasteiger partial charge in [0.2, 0.25) is 17.5 Å². The molecule has 3 aliphatic heterocycles. The van der Waals surface area contributed by atoms with Crippen molar-refractivity contribution in [2.24, 2.45) is 0 Å². The molecule has 3 heterocycles. The highest BCUT2D eigenvalue weighted by atomic mass is 16.6. The molecule has 3 aliphatic rings. The topological polar surface area (TPSA) is 91.0 Å². The van der Waals surface area contributed by atoms with Gasteiger partial charge in [-0.25, -0.2) is 4.90 Å². The van der Waals surface area contributed by atoms with E-state index in [9.17, 15) is 14.4 Å². The Morgan fingerprint density at radius 1 is 1.00 bits per heavy atom. The number of nitrogens with one attached hydrogen (secondary N) is 2. The number of hydrogen-bond donors (Lipinski definition) is 2. The average Bonchev–Trinajstić information content (AvgIpc) is 3.19. The first-order chi connectivity index (χ1) is 16.6. The minimum absolute atomic E-state index is 0.150. The highest BCUT2D eigenvalue weighted by Crippen LogP contribution is 2.45. The van der Waals surface area contributed by atoms with Crippen LogP contribution in [0, 0.1) is 0 Å². The summed E-state index contributed by atoms with van der Waals surface area (Å²) in [7, 11) is 0. The SMILES string of the molecule is O=C(CN1CC=CCC1)NC(=O)C1CNCC2C(=O)OC(c3ccccc3)(c3ccccc3)N12. The number of ether oxygens (including phenoxy) is 1. The van der Waals surface area contributed by atoms with Crippen molar-refractivity contribution in [3.8, 4) is 0 Å². The number of benzene rings is 2. The number of cyclic esters (lactones) is 1. The molecule has 2 amide bonds. The van der Waals surface area contributed by atoms with Gasteiger partial charge in [0, 0.05) is 37.3 Å². The lowest BCUT2D eigenvalue weighted by atomic mass is 9.90. The lowest BCUT2D eigenvalue weighted by Crippen LogP contribution is -2.66. The highest BCUT2D eigenvalue weighted by molar-refractivity contribution is 5.99. The number of carbonyl (C=O) groups is 3. The van der Waals surface area contributed by atoms with Crippen LogP contribution in [0.5, 0.6) is 0 Å². The van der Waals surface area contributed by atoms with E-state index in [1.54, 1.807) is 0 Å². The third-order valence-corrected chi connectivity index (χ3v) is 6.64. The van der Waals surface area contributed by atoms with Crippen LogP contribution in [-0.2, 0) is 24.8 Å². The molecule has 8 nitrogen and oxygen atoms in total. The second-order valence-electron chi connectivity index (χ2n) is 8.80. The number of esters is 1. The fourth-order valence-corrected chi connectivity index (χ4v) is 5.10. The molecule has 2 aromatic rings. The normalized spacial score (nSPS) is 24.3. The third kappa shape index (κ3) is 4.04. The molecule has 2 aromatic carbocycles. The highest BCUT2D eigenvalue weighted by Gasteiger charge is 2.60. The molecular formula is C26H28N4O4. The second-order valence-corrected chi connectivity index (χ2v) is 8.80. The molecule has 8 heteroatoms. The van der Waals surface area contributed by atoms with Crippen molar-refractivity contribution in [2.75, 3.05) is 32.7 Å². The van der Waals surface area contributed by atoms with Crippen LogP contribution in [-0.4, -0.2) is 72.4 Å². The predicted molar refractivity (Wildman–Crippen MR) is 125 cm³/mol. The standard InChI is InChI=1S/C26H28N4O4/c31-23(18-29-14-8-3-9-15-29)28-24(32)21-16-27-17-22-25(33)34-26(30(21)22,19-10-4-1-5-11-19)20-12-6-2-7-13-20/h1-8,10-13,21-22,27H,9,14-18H2,(H,28,31,32). The van der Waals surface area contributed by atoms with E-state index < -0.39 is 29.7 Å². The Balaban J connectivity index is 1.48. The van der Waals surface area contributed by atoms with Gasteiger partial charge < -0.3 is 10.1 Å². The molecule has 2 N–H and O–H groups in total. The van der Waals surface area contributed by atoms with Crippen LogP contribution < -0.4 is 10.6 Å². The summed E-state index contributed by atoms with van der Waals surface area (Å²) in [4.78, 5) is 43.1. The summed E-state index contributed by atoms with van der Waals surface area (Å²) in [6.45, 7) is 2.27. The molecule has 2 saturated heterocycles. The van der Waals surface area contributed by atoms with Crippen LogP contribution in [0.4, 0.5) is 0 Å². The number of piperazine rings is 1. The van der Waals surface area contributed by atoms with E-state index >= 15 is 0 Å². The lowest BCUT2D eigenvalue weighted by Gasteiger charge is -2.44. The van der Waals surface area contributed by atoms with E-state index in [4.69, 9.17) is 4.74 Å². The van der Waals surface area contributed by atoms with Crippen molar-refractivity contribution in [2.45, 2.75) is 24.2 Å². The van der Waals surface area contributed by atoms with Crippen LogP contribution in [0.1, 0.15) is 17.5 Å². The molecular weight excluding hydrogens is 432 g/mol. The zero-order valence-electron chi connectivity index (χ0n) is 18.9. The predicted octanol–water partition coefficient (Wildman–Crippen LogP) is 0.992. The van der Waals surface area contributed by atoms with E-state index in [0.29, 0.717) is 19.6 Å². The number of nitrogens with zero attached hydrogens (tertiary/aromatic N) is 2. The molecule has 0 spiro atoms. The van der Waals surface area contributed by atoms with Gasteiger partial charge in [-0.15, -0.1) is 0 Å². The van der Waals surface area contributed by atoms with Gasteiger partial charge in [-0.3, -0.25) is 24.6 Å². The molecule has 5 rings (SSSR count). The Hall–Kier alpha value is -3.33. The maximum Gasteiger partial charge on any atom is 0.327 e. The molecule has 2 fully saturated rings. The zero-order valence-corrected chi connectivity index (χ0v) is 18.9. The maximum atomic E-state index is 13.4. The first kappa shape index (κ1) is 22.5. The largest absolute Gasteiger partial charge is 0.434 e. The number of fused-ring (bicyclic) bond motifs is 1. The summed E-state index contributed by atoms with van der Waals surface area (Å²) in [5, 5.41) is 5.75.